The fourth-order valence-corrected chi connectivity index (χ4v) is 3.33. The molecule has 0 saturated heterocycles. The van der Waals surface area contributed by atoms with Crippen molar-refractivity contribution in [3.63, 3.8) is 0 Å². The Morgan fingerprint density at radius 3 is 2.67 bits per heavy atom. The van der Waals surface area contributed by atoms with E-state index in [0.717, 1.165) is 31.2 Å². The van der Waals surface area contributed by atoms with Gasteiger partial charge in [0.05, 0.1) is 5.41 Å². The quantitative estimate of drug-likeness (QED) is 0.860. The van der Waals surface area contributed by atoms with Gasteiger partial charge in [-0.1, -0.05) is 43.2 Å². The summed E-state index contributed by atoms with van der Waals surface area (Å²) in [5, 5.41) is 9.70. The van der Waals surface area contributed by atoms with Crippen molar-refractivity contribution in [1.29, 1.82) is 0 Å². The van der Waals surface area contributed by atoms with Crippen molar-refractivity contribution in [2.24, 2.45) is 11.1 Å². The minimum absolute atomic E-state index is 0.105. The van der Waals surface area contributed by atoms with Gasteiger partial charge in [-0.15, -0.1) is 0 Å². The Morgan fingerprint density at radius 1 is 1.33 bits per heavy atom. The molecule has 1 fully saturated rings. The summed E-state index contributed by atoms with van der Waals surface area (Å²) in [6.07, 6.45) is 4.38. The molecule has 18 heavy (non-hydrogen) atoms. The average molecular weight is 247 g/mol. The van der Waals surface area contributed by atoms with Gasteiger partial charge in [-0.25, -0.2) is 0 Å². The summed E-state index contributed by atoms with van der Waals surface area (Å²) in [5.74, 6) is -0.574. The molecular weight excluding hydrogens is 226 g/mol. The number of nitrogens with two attached hydrogens (primary N) is 1. The molecule has 2 atom stereocenters. The third kappa shape index (κ3) is 2.27. The number of aliphatic carboxylic acids is 1. The van der Waals surface area contributed by atoms with E-state index in [4.69, 9.17) is 5.73 Å². The molecule has 1 aromatic rings. The number of rotatable bonds is 4. The van der Waals surface area contributed by atoms with Gasteiger partial charge in [-0.05, 0) is 31.4 Å². The lowest BCUT2D eigenvalue weighted by Crippen LogP contribution is -2.41. The van der Waals surface area contributed by atoms with Crippen LogP contribution in [0.15, 0.2) is 30.3 Å². The Bertz CT molecular complexity index is 400. The molecule has 0 bridgehead atoms. The van der Waals surface area contributed by atoms with Crippen molar-refractivity contribution in [3.8, 4) is 0 Å². The predicted octanol–water partition coefficient (Wildman–Crippen LogP) is 2.76. The van der Waals surface area contributed by atoms with Crippen LogP contribution in [0.2, 0.25) is 0 Å². The first kappa shape index (κ1) is 13.1. The maximum atomic E-state index is 11.8. The van der Waals surface area contributed by atoms with Crippen LogP contribution in [0.4, 0.5) is 0 Å². The molecule has 98 valence electrons. The third-order valence-corrected chi connectivity index (χ3v) is 4.25. The molecule has 1 saturated carbocycles. The van der Waals surface area contributed by atoms with E-state index < -0.39 is 11.4 Å². The highest BCUT2D eigenvalue weighted by molar-refractivity contribution is 5.76. The Morgan fingerprint density at radius 2 is 2.06 bits per heavy atom. The van der Waals surface area contributed by atoms with Gasteiger partial charge in [0.2, 0.25) is 0 Å². The molecule has 0 radical (unpaired) electrons. The highest BCUT2D eigenvalue weighted by atomic mass is 16.4. The van der Waals surface area contributed by atoms with Gasteiger partial charge < -0.3 is 10.8 Å². The minimum atomic E-state index is -0.679. The van der Waals surface area contributed by atoms with Gasteiger partial charge in [-0.3, -0.25) is 4.79 Å². The highest BCUT2D eigenvalue weighted by Gasteiger charge is 2.46. The monoisotopic (exact) mass is 247 g/mol. The topological polar surface area (TPSA) is 63.3 Å². The summed E-state index contributed by atoms with van der Waals surface area (Å²) < 4.78 is 0. The Kier molecular flexibility index (Phi) is 4.02. The summed E-state index contributed by atoms with van der Waals surface area (Å²) in [4.78, 5) is 11.8. The molecule has 3 heteroatoms. The molecule has 0 aliphatic heterocycles. The molecule has 0 amide bonds. The Hall–Kier alpha value is -1.35. The van der Waals surface area contributed by atoms with Crippen molar-refractivity contribution in [2.75, 3.05) is 6.54 Å². The van der Waals surface area contributed by atoms with Crippen LogP contribution in [-0.2, 0) is 4.79 Å². The fourth-order valence-electron chi connectivity index (χ4n) is 3.33. The lowest BCUT2D eigenvalue weighted by atomic mass is 9.62. The van der Waals surface area contributed by atoms with Crippen LogP contribution >= 0.6 is 0 Å². The van der Waals surface area contributed by atoms with Crippen LogP contribution in [0.1, 0.15) is 43.6 Å². The van der Waals surface area contributed by atoms with Crippen molar-refractivity contribution < 1.29 is 9.90 Å². The van der Waals surface area contributed by atoms with Crippen LogP contribution in [0.25, 0.3) is 0 Å². The van der Waals surface area contributed by atoms with Crippen LogP contribution in [-0.4, -0.2) is 17.6 Å². The smallest absolute Gasteiger partial charge is 0.310 e. The average Bonchev–Trinajstić information content (AvgIpc) is 2.40. The molecule has 3 nitrogen and oxygen atoms in total. The fraction of sp³-hybridized carbons (Fsp3) is 0.533. The Labute approximate surface area is 108 Å². The van der Waals surface area contributed by atoms with Gasteiger partial charge >= 0.3 is 5.97 Å². The number of hydrogen-bond acceptors (Lipinski definition) is 2. The normalized spacial score (nSPS) is 27.9. The first-order valence-corrected chi connectivity index (χ1v) is 6.69. The van der Waals surface area contributed by atoms with Gasteiger partial charge in [0.25, 0.3) is 0 Å². The Balaban J connectivity index is 2.37. The van der Waals surface area contributed by atoms with E-state index in [1.165, 1.54) is 0 Å². The molecule has 0 aromatic heterocycles. The van der Waals surface area contributed by atoms with Crippen molar-refractivity contribution in [1.82, 2.24) is 0 Å². The predicted molar refractivity (Wildman–Crippen MR) is 71.4 cm³/mol. The van der Waals surface area contributed by atoms with E-state index in [2.05, 4.69) is 0 Å². The van der Waals surface area contributed by atoms with E-state index in [1.54, 1.807) is 0 Å². The van der Waals surface area contributed by atoms with Crippen molar-refractivity contribution in [2.45, 2.75) is 38.0 Å². The highest BCUT2D eigenvalue weighted by Crippen LogP contribution is 2.49. The summed E-state index contributed by atoms with van der Waals surface area (Å²) in [6.45, 7) is 0.440. The molecule has 1 aliphatic carbocycles. The first-order chi connectivity index (χ1) is 8.70. The van der Waals surface area contributed by atoms with Crippen molar-refractivity contribution >= 4 is 5.97 Å². The molecule has 1 aromatic carbocycles. The SMILES string of the molecule is NCC[C@@]1(C(=O)O)CCCC[C@H]1c1ccccc1. The largest absolute Gasteiger partial charge is 0.481 e. The number of hydrogen-bond donors (Lipinski definition) is 2. The first-order valence-electron chi connectivity index (χ1n) is 6.69. The van der Waals surface area contributed by atoms with Gasteiger partial charge in [0.15, 0.2) is 0 Å². The van der Waals surface area contributed by atoms with E-state index in [-0.39, 0.29) is 5.92 Å². The number of benzene rings is 1. The summed E-state index contributed by atoms with van der Waals surface area (Å²) in [5.41, 5.74) is 6.15. The number of carboxylic acid groups (broad SMARTS) is 1. The van der Waals surface area contributed by atoms with Crippen LogP contribution < -0.4 is 5.73 Å². The molecule has 0 heterocycles. The van der Waals surface area contributed by atoms with Crippen LogP contribution in [0.5, 0.6) is 0 Å². The maximum Gasteiger partial charge on any atom is 0.310 e. The van der Waals surface area contributed by atoms with E-state index in [0.29, 0.717) is 13.0 Å². The number of carbonyl (C=O) groups is 1. The summed E-state index contributed by atoms with van der Waals surface area (Å²) in [7, 11) is 0. The van der Waals surface area contributed by atoms with E-state index >= 15 is 0 Å². The standard InChI is InChI=1S/C15H21NO2/c16-11-10-15(14(17)18)9-5-4-8-13(15)12-6-2-1-3-7-12/h1-3,6-7,13H,4-5,8-11,16H2,(H,17,18)/t13-,15-/m0/s1. The summed E-state index contributed by atoms with van der Waals surface area (Å²) >= 11 is 0. The zero-order chi connectivity index (χ0) is 13.0. The third-order valence-electron chi connectivity index (χ3n) is 4.25. The summed E-state index contributed by atoms with van der Waals surface area (Å²) in [6, 6.07) is 10.0. The van der Waals surface area contributed by atoms with Crippen LogP contribution in [0.3, 0.4) is 0 Å². The maximum absolute atomic E-state index is 11.8. The number of carboxylic acids is 1. The molecule has 2 rings (SSSR count). The minimum Gasteiger partial charge on any atom is -0.481 e. The van der Waals surface area contributed by atoms with Gasteiger partial charge in [0.1, 0.15) is 0 Å². The van der Waals surface area contributed by atoms with Gasteiger partial charge in [0, 0.05) is 5.92 Å². The molecular formula is C15H21NO2. The lowest BCUT2D eigenvalue weighted by Gasteiger charge is -2.41. The zero-order valence-electron chi connectivity index (χ0n) is 10.6. The molecule has 0 unspecified atom stereocenters. The molecule has 1 aliphatic rings. The second-order valence-corrected chi connectivity index (χ2v) is 5.21. The van der Waals surface area contributed by atoms with Gasteiger partial charge in [-0.2, -0.15) is 0 Å². The molecule has 3 N–H and O–H groups in total. The van der Waals surface area contributed by atoms with Crippen LogP contribution in [0, 0.1) is 5.41 Å². The second kappa shape index (κ2) is 5.53. The molecule has 0 spiro atoms. The second-order valence-electron chi connectivity index (χ2n) is 5.21. The van der Waals surface area contributed by atoms with E-state index in [9.17, 15) is 9.90 Å². The van der Waals surface area contributed by atoms with E-state index in [1.807, 2.05) is 30.3 Å². The lowest BCUT2D eigenvalue weighted by molar-refractivity contribution is -0.153. The van der Waals surface area contributed by atoms with Crippen molar-refractivity contribution in [3.05, 3.63) is 35.9 Å². The zero-order valence-corrected chi connectivity index (χ0v) is 10.6.